The van der Waals surface area contributed by atoms with Gasteiger partial charge >= 0.3 is 0 Å². The second-order valence-corrected chi connectivity index (χ2v) is 2.80. The van der Waals surface area contributed by atoms with Gasteiger partial charge in [0, 0.05) is 5.69 Å². The first-order chi connectivity index (χ1) is 6.09. The minimum absolute atomic E-state index is 0.109. The van der Waals surface area contributed by atoms with Gasteiger partial charge in [0.1, 0.15) is 0 Å². The molecule has 68 valence electrons. The van der Waals surface area contributed by atoms with Crippen LogP contribution in [0, 0.1) is 0 Å². The van der Waals surface area contributed by atoms with Gasteiger partial charge in [-0.15, -0.1) is 0 Å². The molecule has 1 aromatic carbocycles. The topological polar surface area (TPSA) is 75.3 Å². The van der Waals surface area contributed by atoms with Crippen LogP contribution in [0.4, 0.5) is 5.69 Å². The molecule has 1 rings (SSSR count). The third kappa shape index (κ3) is 2.72. The van der Waals surface area contributed by atoms with Crippen LogP contribution in [0.5, 0.6) is 5.75 Å². The van der Waals surface area contributed by atoms with E-state index in [0.717, 1.165) is 0 Å². The van der Waals surface area contributed by atoms with Gasteiger partial charge in [0.2, 0.25) is 5.43 Å². The molecule has 0 amide bonds. The fraction of sp³-hybridized carbons (Fsp3) is 0. The van der Waals surface area contributed by atoms with Gasteiger partial charge in [-0.1, -0.05) is 0 Å². The Morgan fingerprint density at radius 1 is 1.38 bits per heavy atom. The Morgan fingerprint density at radius 3 is 2.62 bits per heavy atom. The molecule has 0 aliphatic heterocycles. The molecule has 0 atom stereocenters. The summed E-state index contributed by atoms with van der Waals surface area (Å²) < 4.78 is 0. The first-order valence-corrected chi connectivity index (χ1v) is 3.90. The zero-order chi connectivity index (χ0) is 9.84. The lowest BCUT2D eigenvalue weighted by atomic mass is 10.4. The number of hydrogen-bond acceptors (Lipinski definition) is 3. The fourth-order valence-corrected chi connectivity index (χ4v) is 0.901. The van der Waals surface area contributed by atoms with Crippen LogP contribution in [0.1, 0.15) is 0 Å². The monoisotopic (exact) mass is 196 g/mol. The van der Waals surface area contributed by atoms with Crippen LogP contribution in [0.2, 0.25) is 0 Å². The largest absolute Gasteiger partial charge is 0.504 e. The molecule has 4 nitrogen and oxygen atoms in total. The third-order valence-electron chi connectivity index (χ3n) is 1.36. The third-order valence-corrected chi connectivity index (χ3v) is 1.46. The van der Waals surface area contributed by atoms with E-state index in [0.29, 0.717) is 5.69 Å². The van der Waals surface area contributed by atoms with Crippen molar-refractivity contribution in [3.8, 4) is 5.75 Å². The van der Waals surface area contributed by atoms with Crippen LogP contribution in [0.15, 0.2) is 29.1 Å². The van der Waals surface area contributed by atoms with E-state index < -0.39 is 5.43 Å². The van der Waals surface area contributed by atoms with Crippen molar-refractivity contribution in [1.82, 2.24) is 0 Å². The smallest absolute Gasteiger partial charge is 0.220 e. The van der Waals surface area contributed by atoms with Gasteiger partial charge in [-0.25, -0.2) is 0 Å². The minimum Gasteiger partial charge on any atom is -0.504 e. The van der Waals surface area contributed by atoms with Gasteiger partial charge in [-0.3, -0.25) is 4.79 Å². The summed E-state index contributed by atoms with van der Waals surface area (Å²) in [6.45, 7) is 0. The summed E-state index contributed by atoms with van der Waals surface area (Å²) in [6.07, 6.45) is 0. The van der Waals surface area contributed by atoms with E-state index in [1.54, 1.807) is 0 Å². The predicted octanol–water partition coefficient (Wildman–Crippen LogP) is 0.408. The van der Waals surface area contributed by atoms with Crippen molar-refractivity contribution < 1.29 is 5.11 Å². The molecule has 0 saturated heterocycles. The zero-order valence-electron chi connectivity index (χ0n) is 6.65. The number of nitrogens with two attached hydrogens (primary N) is 1. The maximum Gasteiger partial charge on any atom is 0.220 e. The van der Waals surface area contributed by atoms with Gasteiger partial charge in [0.15, 0.2) is 10.9 Å². The molecule has 0 heterocycles. The lowest BCUT2D eigenvalue weighted by Crippen LogP contribution is -2.18. The van der Waals surface area contributed by atoms with Gasteiger partial charge in [0.25, 0.3) is 0 Å². The summed E-state index contributed by atoms with van der Waals surface area (Å²) in [5, 5.41) is 11.8. The van der Waals surface area contributed by atoms with E-state index in [1.807, 2.05) is 0 Å². The van der Waals surface area contributed by atoms with E-state index in [1.165, 1.54) is 24.3 Å². The molecule has 4 N–H and O–H groups in total. The summed E-state index contributed by atoms with van der Waals surface area (Å²) in [6, 6.07) is 5.51. The standard InChI is InChI=1S/C8H8N2O2S/c9-8(13)10-5-1-3-6(11)7(12)4-2-5/h1-4H,(H,11,12)(H3,9,10,13). The maximum absolute atomic E-state index is 10.9. The number of thiocarbonyl (C=S) groups is 1. The van der Waals surface area contributed by atoms with Gasteiger partial charge in [-0.05, 0) is 36.5 Å². The molecule has 0 spiro atoms. The van der Waals surface area contributed by atoms with Gasteiger partial charge < -0.3 is 16.2 Å². The number of hydrogen-bond donors (Lipinski definition) is 3. The van der Waals surface area contributed by atoms with Crippen molar-refractivity contribution in [3.63, 3.8) is 0 Å². The SMILES string of the molecule is NC(=S)Nc1ccc(O)c(=O)cc1. The Labute approximate surface area is 80.0 Å². The Hall–Kier alpha value is -1.62. The van der Waals surface area contributed by atoms with Crippen molar-refractivity contribution >= 4 is 23.0 Å². The second-order valence-electron chi connectivity index (χ2n) is 2.36. The van der Waals surface area contributed by atoms with E-state index in [-0.39, 0.29) is 10.9 Å². The maximum atomic E-state index is 10.9. The van der Waals surface area contributed by atoms with E-state index >= 15 is 0 Å². The molecular weight excluding hydrogens is 188 g/mol. The van der Waals surface area contributed by atoms with Crippen molar-refractivity contribution in [2.75, 3.05) is 5.32 Å². The molecule has 0 aliphatic rings. The summed E-state index contributed by atoms with van der Waals surface area (Å²) in [4.78, 5) is 10.9. The van der Waals surface area contributed by atoms with E-state index in [2.05, 4.69) is 17.5 Å². The quantitative estimate of drug-likeness (QED) is 0.567. The molecule has 13 heavy (non-hydrogen) atoms. The van der Waals surface area contributed by atoms with Crippen LogP contribution in [-0.2, 0) is 0 Å². The zero-order valence-corrected chi connectivity index (χ0v) is 7.47. The Kier molecular flexibility index (Phi) is 2.81. The van der Waals surface area contributed by atoms with Gasteiger partial charge in [0.05, 0.1) is 0 Å². The molecule has 0 saturated carbocycles. The van der Waals surface area contributed by atoms with E-state index in [9.17, 15) is 4.79 Å². The minimum atomic E-state index is -0.448. The first kappa shape index (κ1) is 9.47. The first-order valence-electron chi connectivity index (χ1n) is 3.49. The molecule has 0 fully saturated rings. The molecule has 0 aromatic heterocycles. The van der Waals surface area contributed by atoms with Crippen molar-refractivity contribution in [2.45, 2.75) is 0 Å². The Balaban J connectivity index is 3.09. The highest BCUT2D eigenvalue weighted by molar-refractivity contribution is 7.80. The number of anilines is 1. The van der Waals surface area contributed by atoms with Crippen LogP contribution >= 0.6 is 12.2 Å². The Bertz CT molecular complexity index is 392. The lowest BCUT2D eigenvalue weighted by molar-refractivity contribution is 0.471. The second kappa shape index (κ2) is 3.86. The fourth-order valence-electron chi connectivity index (χ4n) is 0.783. The van der Waals surface area contributed by atoms with Crippen molar-refractivity contribution in [3.05, 3.63) is 34.5 Å². The summed E-state index contributed by atoms with van der Waals surface area (Å²) in [5.74, 6) is -0.309. The molecule has 5 heteroatoms. The molecule has 1 aromatic rings. The van der Waals surface area contributed by atoms with E-state index in [4.69, 9.17) is 10.8 Å². The average Bonchev–Trinajstić information content (AvgIpc) is 2.19. The van der Waals surface area contributed by atoms with Crippen LogP contribution < -0.4 is 16.5 Å². The van der Waals surface area contributed by atoms with Crippen LogP contribution in [0.3, 0.4) is 0 Å². The molecule has 0 bridgehead atoms. The highest BCUT2D eigenvalue weighted by Gasteiger charge is 1.94. The van der Waals surface area contributed by atoms with Crippen LogP contribution in [-0.4, -0.2) is 10.2 Å². The summed E-state index contributed by atoms with van der Waals surface area (Å²) in [7, 11) is 0. The highest BCUT2D eigenvalue weighted by Crippen LogP contribution is 2.06. The predicted molar refractivity (Wildman–Crippen MR) is 54.8 cm³/mol. The van der Waals surface area contributed by atoms with Crippen molar-refractivity contribution in [1.29, 1.82) is 0 Å². The van der Waals surface area contributed by atoms with Crippen LogP contribution in [0.25, 0.3) is 0 Å². The molecule has 0 radical (unpaired) electrons. The highest BCUT2D eigenvalue weighted by atomic mass is 32.1. The Morgan fingerprint density at radius 2 is 2.00 bits per heavy atom. The average molecular weight is 196 g/mol. The summed E-state index contributed by atoms with van der Waals surface area (Å²) >= 11 is 4.60. The number of nitrogens with one attached hydrogen (secondary N) is 1. The number of rotatable bonds is 1. The van der Waals surface area contributed by atoms with Crippen molar-refractivity contribution in [2.24, 2.45) is 5.73 Å². The molecule has 0 aliphatic carbocycles. The lowest BCUT2D eigenvalue weighted by Gasteiger charge is -1.98. The van der Waals surface area contributed by atoms with Gasteiger partial charge in [-0.2, -0.15) is 0 Å². The summed E-state index contributed by atoms with van der Waals surface area (Å²) in [5.41, 5.74) is 5.33. The number of aromatic hydroxyl groups is 1. The molecule has 0 unspecified atom stereocenters. The molecular formula is C8H8N2O2S. The normalized spacial score (nSPS) is 9.23.